The maximum absolute atomic E-state index is 13.4. The van der Waals surface area contributed by atoms with Crippen LogP contribution in [0.5, 0.6) is 0 Å². The summed E-state index contributed by atoms with van der Waals surface area (Å²) in [6, 6.07) is 12.8. The van der Waals surface area contributed by atoms with E-state index >= 15 is 0 Å². The second-order valence-corrected chi connectivity index (χ2v) is 7.51. The molecule has 150 valence electrons. The Bertz CT molecular complexity index is 1210. The van der Waals surface area contributed by atoms with Gasteiger partial charge in [-0.05, 0) is 36.4 Å². The Morgan fingerprint density at radius 2 is 1.97 bits per heavy atom. The third-order valence-electron chi connectivity index (χ3n) is 4.42. The molecule has 0 fully saturated rings. The van der Waals surface area contributed by atoms with Crippen LogP contribution in [0.25, 0.3) is 10.6 Å². The molecular formula is C22H17FN4O2S. The first-order valence-corrected chi connectivity index (χ1v) is 10.00. The van der Waals surface area contributed by atoms with Gasteiger partial charge in [0.2, 0.25) is 11.7 Å². The number of hydrogen-bond donors (Lipinski definition) is 1. The van der Waals surface area contributed by atoms with Crippen LogP contribution >= 0.6 is 11.3 Å². The molecular weight excluding hydrogens is 403 g/mol. The van der Waals surface area contributed by atoms with Crippen LogP contribution in [0.15, 0.2) is 66.3 Å². The number of carbonyl (C=O) groups is 2. The van der Waals surface area contributed by atoms with Crippen LogP contribution in [0.2, 0.25) is 0 Å². The van der Waals surface area contributed by atoms with Gasteiger partial charge in [-0.25, -0.2) is 14.4 Å². The molecule has 8 heteroatoms. The van der Waals surface area contributed by atoms with Gasteiger partial charge in [-0.1, -0.05) is 12.1 Å². The number of rotatable bonds is 6. The van der Waals surface area contributed by atoms with Crippen molar-refractivity contribution in [1.82, 2.24) is 14.5 Å². The van der Waals surface area contributed by atoms with E-state index in [2.05, 4.69) is 15.3 Å². The monoisotopic (exact) mass is 420 g/mol. The molecule has 4 rings (SSSR count). The van der Waals surface area contributed by atoms with Crippen molar-refractivity contribution in [3.05, 3.63) is 89.2 Å². The number of carbonyl (C=O) groups excluding carboxylic acids is 2. The molecule has 1 N–H and O–H groups in total. The van der Waals surface area contributed by atoms with E-state index in [9.17, 15) is 14.0 Å². The predicted octanol–water partition coefficient (Wildman–Crippen LogP) is 4.09. The lowest BCUT2D eigenvalue weighted by Crippen LogP contribution is -2.15. The Kier molecular flexibility index (Phi) is 5.49. The molecule has 1 amide bonds. The highest BCUT2D eigenvalue weighted by Gasteiger charge is 2.14. The fraction of sp³-hybridized carbons (Fsp3) is 0.0909. The average Bonchev–Trinajstić information content (AvgIpc) is 3.37. The van der Waals surface area contributed by atoms with Gasteiger partial charge in [-0.2, -0.15) is 0 Å². The molecule has 0 atom stereocenters. The number of ketones is 1. The van der Waals surface area contributed by atoms with Gasteiger partial charge in [0.05, 0.1) is 12.1 Å². The number of imidazole rings is 1. The van der Waals surface area contributed by atoms with Crippen molar-refractivity contribution in [2.75, 3.05) is 5.32 Å². The van der Waals surface area contributed by atoms with Gasteiger partial charge >= 0.3 is 0 Å². The maximum atomic E-state index is 13.4. The number of amides is 1. The van der Waals surface area contributed by atoms with Gasteiger partial charge in [-0.3, -0.25) is 9.59 Å². The topological polar surface area (TPSA) is 76.9 Å². The minimum atomic E-state index is -0.327. The molecule has 0 radical (unpaired) electrons. The molecule has 0 spiro atoms. The Labute approximate surface area is 176 Å². The van der Waals surface area contributed by atoms with E-state index in [0.717, 1.165) is 0 Å². The fourth-order valence-corrected chi connectivity index (χ4v) is 3.75. The highest BCUT2D eigenvalue weighted by molar-refractivity contribution is 7.13. The second kappa shape index (κ2) is 8.38. The molecule has 0 saturated heterocycles. The first-order valence-electron chi connectivity index (χ1n) is 9.12. The summed E-state index contributed by atoms with van der Waals surface area (Å²) in [6.07, 6.45) is 3.37. The summed E-state index contributed by atoms with van der Waals surface area (Å²) in [4.78, 5) is 33.3. The van der Waals surface area contributed by atoms with Crippen LogP contribution in [0, 0.1) is 5.82 Å². The fourth-order valence-electron chi connectivity index (χ4n) is 2.93. The summed E-state index contributed by atoms with van der Waals surface area (Å²) in [7, 11) is 1.76. The van der Waals surface area contributed by atoms with Crippen LogP contribution in [-0.2, 0) is 18.3 Å². The lowest BCUT2D eigenvalue weighted by atomic mass is 10.1. The summed E-state index contributed by atoms with van der Waals surface area (Å²) in [5.74, 6) is -0.391. The lowest BCUT2D eigenvalue weighted by Gasteiger charge is -2.06. The SMILES string of the molecule is Cn1ccnc1C(=O)c1ccc(NC(=O)Cc2csc(-c3cccc(F)c3)n2)cc1. The van der Waals surface area contributed by atoms with Crippen molar-refractivity contribution in [2.24, 2.45) is 7.05 Å². The minimum Gasteiger partial charge on any atom is -0.331 e. The molecule has 4 aromatic rings. The first-order chi connectivity index (χ1) is 14.5. The number of benzene rings is 2. The van der Waals surface area contributed by atoms with Crippen LogP contribution in [0.1, 0.15) is 21.9 Å². The van der Waals surface area contributed by atoms with E-state index in [4.69, 9.17) is 0 Å². The van der Waals surface area contributed by atoms with Crippen molar-refractivity contribution < 1.29 is 14.0 Å². The summed E-state index contributed by atoms with van der Waals surface area (Å²) in [5.41, 5.74) is 2.36. The van der Waals surface area contributed by atoms with Crippen molar-refractivity contribution in [3.8, 4) is 10.6 Å². The highest BCUT2D eigenvalue weighted by Crippen LogP contribution is 2.24. The van der Waals surface area contributed by atoms with E-state index in [-0.39, 0.29) is 23.9 Å². The van der Waals surface area contributed by atoms with Gasteiger partial charge < -0.3 is 9.88 Å². The molecule has 0 saturated carbocycles. The maximum Gasteiger partial charge on any atom is 0.230 e. The Hall–Kier alpha value is -3.65. The molecule has 0 aliphatic carbocycles. The number of hydrogen-bond acceptors (Lipinski definition) is 5. The first kappa shape index (κ1) is 19.7. The van der Waals surface area contributed by atoms with E-state index in [1.165, 1.54) is 23.5 Å². The van der Waals surface area contributed by atoms with E-state index in [1.807, 2.05) is 0 Å². The van der Waals surface area contributed by atoms with E-state index < -0.39 is 0 Å². The van der Waals surface area contributed by atoms with Crippen molar-refractivity contribution in [2.45, 2.75) is 6.42 Å². The largest absolute Gasteiger partial charge is 0.331 e. The second-order valence-electron chi connectivity index (χ2n) is 6.65. The summed E-state index contributed by atoms with van der Waals surface area (Å²) in [5, 5.41) is 5.24. The zero-order chi connectivity index (χ0) is 21.1. The third-order valence-corrected chi connectivity index (χ3v) is 5.36. The third kappa shape index (κ3) is 4.33. The molecule has 2 aromatic carbocycles. The number of anilines is 1. The smallest absolute Gasteiger partial charge is 0.230 e. The molecule has 0 unspecified atom stereocenters. The van der Waals surface area contributed by atoms with Crippen molar-refractivity contribution >= 4 is 28.7 Å². The van der Waals surface area contributed by atoms with Gasteiger partial charge in [0, 0.05) is 41.6 Å². The summed E-state index contributed by atoms with van der Waals surface area (Å²) >= 11 is 1.36. The number of nitrogens with zero attached hydrogens (tertiary/aromatic N) is 3. The zero-order valence-electron chi connectivity index (χ0n) is 16.0. The van der Waals surface area contributed by atoms with E-state index in [0.29, 0.717) is 33.3 Å². The van der Waals surface area contributed by atoms with Crippen molar-refractivity contribution in [1.29, 1.82) is 0 Å². The Morgan fingerprint density at radius 3 is 2.67 bits per heavy atom. The van der Waals surface area contributed by atoms with Gasteiger partial charge in [-0.15, -0.1) is 11.3 Å². The highest BCUT2D eigenvalue weighted by atomic mass is 32.1. The Balaban J connectivity index is 1.39. The van der Waals surface area contributed by atoms with Gasteiger partial charge in [0.25, 0.3) is 0 Å². The number of aryl methyl sites for hydroxylation is 1. The zero-order valence-corrected chi connectivity index (χ0v) is 16.8. The predicted molar refractivity (Wildman–Crippen MR) is 113 cm³/mol. The number of nitrogens with one attached hydrogen (secondary N) is 1. The standard InChI is InChI=1S/C22H17FN4O2S/c1-27-10-9-24-21(27)20(29)14-5-7-17(8-6-14)25-19(28)12-18-13-30-22(26-18)15-3-2-4-16(23)11-15/h2-11,13H,12H2,1H3,(H,25,28). The van der Waals surface area contributed by atoms with Gasteiger partial charge in [0.1, 0.15) is 10.8 Å². The number of halogens is 1. The van der Waals surface area contributed by atoms with Crippen LogP contribution in [-0.4, -0.2) is 26.2 Å². The number of aromatic nitrogens is 3. The minimum absolute atomic E-state index is 0.0970. The molecule has 6 nitrogen and oxygen atoms in total. The summed E-state index contributed by atoms with van der Waals surface area (Å²) in [6.45, 7) is 0. The molecule has 2 aromatic heterocycles. The molecule has 0 bridgehead atoms. The van der Waals surface area contributed by atoms with E-state index in [1.54, 1.807) is 65.8 Å². The van der Waals surface area contributed by atoms with Crippen molar-refractivity contribution in [3.63, 3.8) is 0 Å². The van der Waals surface area contributed by atoms with Crippen LogP contribution in [0.4, 0.5) is 10.1 Å². The van der Waals surface area contributed by atoms with Crippen LogP contribution in [0.3, 0.4) is 0 Å². The average molecular weight is 420 g/mol. The van der Waals surface area contributed by atoms with Crippen LogP contribution < -0.4 is 5.32 Å². The molecule has 0 aliphatic rings. The number of thiazole rings is 1. The quantitative estimate of drug-likeness (QED) is 0.477. The molecule has 30 heavy (non-hydrogen) atoms. The summed E-state index contributed by atoms with van der Waals surface area (Å²) < 4.78 is 15.0. The normalized spacial score (nSPS) is 10.7. The molecule has 2 heterocycles. The lowest BCUT2D eigenvalue weighted by molar-refractivity contribution is -0.115. The Morgan fingerprint density at radius 1 is 1.17 bits per heavy atom. The molecule has 0 aliphatic heterocycles. The van der Waals surface area contributed by atoms with Gasteiger partial charge in [0.15, 0.2) is 5.82 Å².